The third kappa shape index (κ3) is 5.19. The van der Waals surface area contributed by atoms with Crippen LogP contribution in [-0.2, 0) is 0 Å². The summed E-state index contributed by atoms with van der Waals surface area (Å²) in [7, 11) is 0. The first-order valence-electron chi connectivity index (χ1n) is 7.73. The molecule has 1 heterocycles. The van der Waals surface area contributed by atoms with Crippen molar-refractivity contribution in [1.29, 1.82) is 0 Å². The third-order valence-corrected chi connectivity index (χ3v) is 3.46. The molecule has 0 bridgehead atoms. The summed E-state index contributed by atoms with van der Waals surface area (Å²) in [6.45, 7) is 6.20. The SMILES string of the molecule is CC(C)CNc1nccc(NCCC2=CCCCC2)n1. The highest BCUT2D eigenvalue weighted by Crippen LogP contribution is 2.20. The molecule has 0 saturated carbocycles. The Labute approximate surface area is 122 Å². The number of rotatable bonds is 7. The number of anilines is 2. The van der Waals surface area contributed by atoms with E-state index in [-0.39, 0.29) is 0 Å². The molecule has 20 heavy (non-hydrogen) atoms. The van der Waals surface area contributed by atoms with Gasteiger partial charge in [0.25, 0.3) is 0 Å². The van der Waals surface area contributed by atoms with Crippen molar-refractivity contribution in [2.75, 3.05) is 23.7 Å². The van der Waals surface area contributed by atoms with Crippen LogP contribution in [-0.4, -0.2) is 23.1 Å². The van der Waals surface area contributed by atoms with Gasteiger partial charge in [-0.3, -0.25) is 0 Å². The van der Waals surface area contributed by atoms with Crippen LogP contribution in [0, 0.1) is 5.92 Å². The fourth-order valence-corrected chi connectivity index (χ4v) is 2.32. The zero-order valence-corrected chi connectivity index (χ0v) is 12.7. The number of allylic oxidation sites excluding steroid dienone is 1. The van der Waals surface area contributed by atoms with Gasteiger partial charge in [0, 0.05) is 19.3 Å². The second-order valence-corrected chi connectivity index (χ2v) is 5.83. The summed E-state index contributed by atoms with van der Waals surface area (Å²) in [5.41, 5.74) is 1.59. The van der Waals surface area contributed by atoms with E-state index in [0.29, 0.717) is 11.9 Å². The number of nitrogens with one attached hydrogen (secondary N) is 2. The quantitative estimate of drug-likeness (QED) is 0.742. The molecule has 1 aromatic heterocycles. The van der Waals surface area contributed by atoms with E-state index in [9.17, 15) is 0 Å². The molecule has 0 aromatic carbocycles. The van der Waals surface area contributed by atoms with Gasteiger partial charge in [0.2, 0.25) is 5.95 Å². The molecule has 0 unspecified atom stereocenters. The van der Waals surface area contributed by atoms with E-state index in [1.807, 2.05) is 6.07 Å². The number of nitrogens with zero attached hydrogens (tertiary/aromatic N) is 2. The van der Waals surface area contributed by atoms with Crippen LogP contribution in [0.4, 0.5) is 11.8 Å². The molecule has 0 radical (unpaired) electrons. The number of aromatic nitrogens is 2. The van der Waals surface area contributed by atoms with E-state index in [2.05, 4.69) is 40.5 Å². The molecule has 0 spiro atoms. The van der Waals surface area contributed by atoms with Crippen molar-refractivity contribution >= 4 is 11.8 Å². The molecule has 1 aromatic rings. The zero-order chi connectivity index (χ0) is 14.2. The smallest absolute Gasteiger partial charge is 0.224 e. The first-order chi connectivity index (χ1) is 9.74. The van der Waals surface area contributed by atoms with Crippen molar-refractivity contribution in [1.82, 2.24) is 9.97 Å². The molecule has 0 aliphatic heterocycles. The van der Waals surface area contributed by atoms with Gasteiger partial charge < -0.3 is 10.6 Å². The molecule has 0 saturated heterocycles. The highest BCUT2D eigenvalue weighted by atomic mass is 15.1. The molecule has 0 fully saturated rings. The summed E-state index contributed by atoms with van der Waals surface area (Å²) in [6.07, 6.45) is 10.6. The van der Waals surface area contributed by atoms with Gasteiger partial charge in [0.05, 0.1) is 0 Å². The average molecular weight is 274 g/mol. The molecule has 1 aliphatic rings. The maximum absolute atomic E-state index is 4.47. The van der Waals surface area contributed by atoms with Crippen molar-refractivity contribution in [3.05, 3.63) is 23.9 Å². The molecule has 110 valence electrons. The fourth-order valence-electron chi connectivity index (χ4n) is 2.32. The largest absolute Gasteiger partial charge is 0.370 e. The van der Waals surface area contributed by atoms with Gasteiger partial charge in [-0.05, 0) is 44.1 Å². The van der Waals surface area contributed by atoms with Crippen LogP contribution in [0.1, 0.15) is 46.0 Å². The van der Waals surface area contributed by atoms with E-state index in [4.69, 9.17) is 0 Å². The van der Waals surface area contributed by atoms with Gasteiger partial charge in [-0.15, -0.1) is 0 Å². The molecule has 2 rings (SSSR count). The van der Waals surface area contributed by atoms with Gasteiger partial charge in [-0.25, -0.2) is 4.98 Å². The van der Waals surface area contributed by atoms with Crippen molar-refractivity contribution in [3.8, 4) is 0 Å². The lowest BCUT2D eigenvalue weighted by atomic mass is 9.97. The summed E-state index contributed by atoms with van der Waals surface area (Å²) in [6, 6.07) is 1.93. The fraction of sp³-hybridized carbons (Fsp3) is 0.625. The number of hydrogen-bond acceptors (Lipinski definition) is 4. The van der Waals surface area contributed by atoms with Gasteiger partial charge in [0.15, 0.2) is 0 Å². The molecule has 4 heteroatoms. The Morgan fingerprint density at radius 1 is 1.25 bits per heavy atom. The summed E-state index contributed by atoms with van der Waals surface area (Å²) in [5.74, 6) is 2.21. The first-order valence-corrected chi connectivity index (χ1v) is 7.73. The molecule has 0 atom stereocenters. The molecular weight excluding hydrogens is 248 g/mol. The van der Waals surface area contributed by atoms with E-state index in [0.717, 1.165) is 25.3 Å². The van der Waals surface area contributed by atoms with E-state index >= 15 is 0 Å². The molecule has 0 amide bonds. The Morgan fingerprint density at radius 3 is 2.90 bits per heavy atom. The van der Waals surface area contributed by atoms with Crippen LogP contribution in [0.3, 0.4) is 0 Å². The zero-order valence-electron chi connectivity index (χ0n) is 12.7. The minimum Gasteiger partial charge on any atom is -0.370 e. The van der Waals surface area contributed by atoms with Crippen molar-refractivity contribution < 1.29 is 0 Å². The Hall–Kier alpha value is -1.58. The number of hydrogen-bond donors (Lipinski definition) is 2. The van der Waals surface area contributed by atoms with E-state index in [1.54, 1.807) is 11.8 Å². The Morgan fingerprint density at radius 2 is 2.15 bits per heavy atom. The normalized spacial score (nSPS) is 15.1. The molecule has 4 nitrogen and oxygen atoms in total. The summed E-state index contributed by atoms with van der Waals surface area (Å²) in [5, 5.41) is 6.64. The topological polar surface area (TPSA) is 49.8 Å². The van der Waals surface area contributed by atoms with Crippen molar-refractivity contribution in [2.24, 2.45) is 5.92 Å². The Kier molecular flexibility index (Phi) is 5.84. The predicted octanol–water partition coefficient (Wildman–Crippen LogP) is 3.85. The predicted molar refractivity (Wildman–Crippen MR) is 85.0 cm³/mol. The average Bonchev–Trinajstić information content (AvgIpc) is 2.47. The molecule has 1 aliphatic carbocycles. The highest BCUT2D eigenvalue weighted by Gasteiger charge is 2.04. The third-order valence-electron chi connectivity index (χ3n) is 3.46. The Bertz CT molecular complexity index is 440. The van der Waals surface area contributed by atoms with Gasteiger partial charge in [-0.1, -0.05) is 25.5 Å². The molecular formula is C16H26N4. The minimum atomic E-state index is 0.591. The second-order valence-electron chi connectivity index (χ2n) is 5.83. The van der Waals surface area contributed by atoms with Crippen LogP contribution in [0.25, 0.3) is 0 Å². The highest BCUT2D eigenvalue weighted by molar-refractivity contribution is 5.39. The van der Waals surface area contributed by atoms with Crippen LogP contribution in [0.15, 0.2) is 23.9 Å². The van der Waals surface area contributed by atoms with Crippen LogP contribution >= 0.6 is 0 Å². The summed E-state index contributed by atoms with van der Waals surface area (Å²) >= 11 is 0. The van der Waals surface area contributed by atoms with E-state index < -0.39 is 0 Å². The van der Waals surface area contributed by atoms with Crippen LogP contribution < -0.4 is 10.6 Å². The van der Waals surface area contributed by atoms with Gasteiger partial charge in [0.1, 0.15) is 5.82 Å². The lowest BCUT2D eigenvalue weighted by Gasteiger charge is -2.13. The van der Waals surface area contributed by atoms with Crippen molar-refractivity contribution in [2.45, 2.75) is 46.0 Å². The lowest BCUT2D eigenvalue weighted by Crippen LogP contribution is -2.12. The van der Waals surface area contributed by atoms with Gasteiger partial charge in [-0.2, -0.15) is 4.98 Å². The van der Waals surface area contributed by atoms with Crippen molar-refractivity contribution in [3.63, 3.8) is 0 Å². The standard InChI is InChI=1S/C16H26N4/c1-13(2)12-19-16-18-11-9-15(20-16)17-10-8-14-6-4-3-5-7-14/h6,9,11,13H,3-5,7-8,10,12H2,1-2H3,(H2,17,18,19,20). The monoisotopic (exact) mass is 274 g/mol. The Balaban J connectivity index is 1.77. The summed E-state index contributed by atoms with van der Waals surface area (Å²) < 4.78 is 0. The minimum absolute atomic E-state index is 0.591. The molecule has 2 N–H and O–H groups in total. The van der Waals surface area contributed by atoms with E-state index in [1.165, 1.54) is 25.7 Å². The maximum Gasteiger partial charge on any atom is 0.224 e. The van der Waals surface area contributed by atoms with Crippen LogP contribution in [0.2, 0.25) is 0 Å². The van der Waals surface area contributed by atoms with Crippen LogP contribution in [0.5, 0.6) is 0 Å². The second kappa shape index (κ2) is 7.88. The summed E-state index contributed by atoms with van der Waals surface area (Å²) in [4.78, 5) is 8.71. The maximum atomic E-state index is 4.47. The van der Waals surface area contributed by atoms with Gasteiger partial charge >= 0.3 is 0 Å². The lowest BCUT2D eigenvalue weighted by molar-refractivity contribution is 0.679. The first kappa shape index (κ1) is 14.8.